The van der Waals surface area contributed by atoms with Gasteiger partial charge in [0.2, 0.25) is 0 Å². The predicted octanol–water partition coefficient (Wildman–Crippen LogP) is 8.05. The summed E-state index contributed by atoms with van der Waals surface area (Å²) >= 11 is 0. The summed E-state index contributed by atoms with van der Waals surface area (Å²) in [5.41, 5.74) is 0. The molecule has 0 rings (SSSR count). The zero-order valence-electron chi connectivity index (χ0n) is 30.0. The van der Waals surface area contributed by atoms with Gasteiger partial charge in [-0.25, -0.2) is 0 Å². The Labute approximate surface area is 282 Å². The summed E-state index contributed by atoms with van der Waals surface area (Å²) in [5, 5.41) is 43.2. The molecule has 0 aliphatic carbocycles. The first-order valence-corrected chi connectivity index (χ1v) is 19.5. The fourth-order valence-corrected chi connectivity index (χ4v) is 5.84. The van der Waals surface area contributed by atoms with E-state index in [0.29, 0.717) is 13.0 Å². The molecule has 0 saturated heterocycles. The highest BCUT2D eigenvalue weighted by molar-refractivity contribution is 5.81. The number of hydrogen-bond acceptors (Lipinski definition) is 7. The van der Waals surface area contributed by atoms with Crippen LogP contribution in [0.1, 0.15) is 194 Å². The molecule has 4 unspecified atom stereocenters. The predicted molar refractivity (Wildman–Crippen MR) is 189 cm³/mol. The molecule has 8 nitrogen and oxygen atoms in total. The van der Waals surface area contributed by atoms with Gasteiger partial charge in [0.05, 0.1) is 0 Å². The minimum Gasteiger partial charge on any atom is -0.463 e. The van der Waals surface area contributed by atoms with Crippen LogP contribution < -0.4 is 5.32 Å². The van der Waals surface area contributed by atoms with Crippen molar-refractivity contribution in [3.8, 4) is 0 Å². The third-order valence-corrected chi connectivity index (χ3v) is 9.07. The lowest BCUT2D eigenvalue weighted by molar-refractivity contribution is -0.159. The first kappa shape index (κ1) is 44.8. The van der Waals surface area contributed by atoms with Crippen LogP contribution in [0.4, 0.5) is 0 Å². The maximum atomic E-state index is 12.2. The third kappa shape index (κ3) is 27.9. The van der Waals surface area contributed by atoms with Crippen molar-refractivity contribution in [3.05, 3.63) is 0 Å². The molecule has 0 heterocycles. The fourth-order valence-electron chi connectivity index (χ4n) is 5.84. The first-order chi connectivity index (χ1) is 22.3. The molecular formula is C38H75NO7. The van der Waals surface area contributed by atoms with Gasteiger partial charge in [0.15, 0.2) is 6.10 Å². The zero-order valence-corrected chi connectivity index (χ0v) is 30.0. The lowest BCUT2D eigenvalue weighted by Crippen LogP contribution is -2.52. The maximum absolute atomic E-state index is 12.2. The van der Waals surface area contributed by atoms with Crippen LogP contribution in [0.2, 0.25) is 0 Å². The molecule has 0 aromatic carbocycles. The zero-order chi connectivity index (χ0) is 34.1. The van der Waals surface area contributed by atoms with Crippen molar-refractivity contribution in [1.29, 1.82) is 0 Å². The van der Waals surface area contributed by atoms with Crippen LogP contribution in [0.15, 0.2) is 0 Å². The third-order valence-electron chi connectivity index (χ3n) is 9.07. The van der Waals surface area contributed by atoms with Crippen LogP contribution in [-0.4, -0.2) is 69.9 Å². The van der Waals surface area contributed by atoms with Gasteiger partial charge in [-0.15, -0.1) is 0 Å². The summed E-state index contributed by atoms with van der Waals surface area (Å²) in [6.07, 6.45) is 26.1. The summed E-state index contributed by atoms with van der Waals surface area (Å²) < 4.78 is 5.05. The van der Waals surface area contributed by atoms with E-state index in [2.05, 4.69) is 19.2 Å². The number of unbranched alkanes of at least 4 members (excludes halogenated alkanes) is 25. The van der Waals surface area contributed by atoms with Crippen molar-refractivity contribution in [2.45, 2.75) is 218 Å². The number of nitrogens with one attached hydrogen (secondary N) is 1. The molecule has 0 aliphatic heterocycles. The summed E-state index contributed by atoms with van der Waals surface area (Å²) in [6.45, 7) is 4.35. The Morgan fingerprint density at radius 3 is 1.24 bits per heavy atom. The Hall–Kier alpha value is -1.22. The second-order valence-corrected chi connectivity index (χ2v) is 13.6. The van der Waals surface area contributed by atoms with Gasteiger partial charge in [-0.2, -0.15) is 0 Å². The molecular weight excluding hydrogens is 582 g/mol. The minimum absolute atomic E-state index is 0.230. The average molecular weight is 658 g/mol. The topological polar surface area (TPSA) is 136 Å². The molecule has 0 aromatic heterocycles. The second-order valence-electron chi connectivity index (χ2n) is 13.6. The van der Waals surface area contributed by atoms with Crippen molar-refractivity contribution in [3.63, 3.8) is 0 Å². The maximum Gasteiger partial charge on any atom is 0.305 e. The molecule has 0 saturated carbocycles. The number of carbonyl (C=O) groups is 2. The molecule has 4 atom stereocenters. The molecule has 0 spiro atoms. The normalized spacial score (nSPS) is 14.1. The van der Waals surface area contributed by atoms with Gasteiger partial charge in [0.25, 0.3) is 5.91 Å². The summed E-state index contributed by atoms with van der Waals surface area (Å²) in [7, 11) is 0. The summed E-state index contributed by atoms with van der Waals surface area (Å²) in [4.78, 5) is 24.2. The van der Waals surface area contributed by atoms with Crippen LogP contribution in [0.25, 0.3) is 0 Å². The van der Waals surface area contributed by atoms with Crippen molar-refractivity contribution < 1.29 is 34.8 Å². The Kier molecular flexibility index (Phi) is 32.8. The molecule has 274 valence electrons. The Morgan fingerprint density at radius 2 is 0.848 bits per heavy atom. The highest BCUT2D eigenvalue weighted by atomic mass is 16.5. The van der Waals surface area contributed by atoms with Crippen molar-refractivity contribution in [1.82, 2.24) is 5.32 Å². The Bertz CT molecular complexity index is 677. The van der Waals surface area contributed by atoms with Gasteiger partial charge in [-0.1, -0.05) is 174 Å². The summed E-state index contributed by atoms with van der Waals surface area (Å²) in [5.74, 6) is -1.27. The van der Waals surface area contributed by atoms with E-state index in [-0.39, 0.29) is 6.42 Å². The number of aliphatic hydroxyl groups excluding tert-OH is 4. The largest absolute Gasteiger partial charge is 0.463 e. The molecule has 0 aromatic rings. The molecule has 0 bridgehead atoms. The number of ether oxygens (including phenoxy) is 1. The molecule has 1 amide bonds. The van der Waals surface area contributed by atoms with Gasteiger partial charge < -0.3 is 30.5 Å². The lowest BCUT2D eigenvalue weighted by atomic mass is 10.0. The number of rotatable bonds is 35. The quantitative estimate of drug-likeness (QED) is 0.0344. The number of aliphatic hydroxyl groups is 4. The second kappa shape index (κ2) is 33.7. The number of amides is 1. The first-order valence-electron chi connectivity index (χ1n) is 19.5. The van der Waals surface area contributed by atoms with E-state index in [0.717, 1.165) is 32.1 Å². The van der Waals surface area contributed by atoms with Gasteiger partial charge in [0, 0.05) is 13.0 Å². The number of carbonyl (C=O) groups excluding carboxylic acids is 2. The monoisotopic (exact) mass is 658 g/mol. The van der Waals surface area contributed by atoms with Crippen LogP contribution in [0.3, 0.4) is 0 Å². The van der Waals surface area contributed by atoms with Crippen LogP contribution in [0.5, 0.6) is 0 Å². The van der Waals surface area contributed by atoms with E-state index in [1.807, 2.05) is 0 Å². The highest BCUT2D eigenvalue weighted by Gasteiger charge is 2.34. The van der Waals surface area contributed by atoms with E-state index in [1.54, 1.807) is 0 Å². The molecule has 0 radical (unpaired) electrons. The van der Waals surface area contributed by atoms with Crippen molar-refractivity contribution in [2.24, 2.45) is 0 Å². The number of esters is 1. The van der Waals surface area contributed by atoms with Crippen molar-refractivity contribution >= 4 is 11.9 Å². The Balaban J connectivity index is 3.75. The minimum atomic E-state index is -1.90. The van der Waals surface area contributed by atoms with Crippen LogP contribution in [0, 0.1) is 0 Å². The molecule has 0 fully saturated rings. The van der Waals surface area contributed by atoms with E-state index < -0.39 is 42.9 Å². The van der Waals surface area contributed by atoms with E-state index >= 15 is 0 Å². The summed E-state index contributed by atoms with van der Waals surface area (Å²) in [6, 6.07) is 0. The van der Waals surface area contributed by atoms with Crippen LogP contribution in [-0.2, 0) is 14.3 Å². The van der Waals surface area contributed by atoms with Gasteiger partial charge in [-0.05, 0) is 12.8 Å². The standard InChI is InChI=1S/C38H75NO7/c1-3-5-7-9-11-13-15-17-18-19-20-22-24-26-28-30-34(41)46-32-33(40)35(42)36(43)37(44)38(45)39-31-29-27-25-23-21-16-14-12-10-8-6-4-2/h33,35-37,40,42-44H,3-32H2,1-2H3,(H,39,45). The smallest absolute Gasteiger partial charge is 0.305 e. The van der Waals surface area contributed by atoms with Gasteiger partial charge in [0.1, 0.15) is 24.9 Å². The fraction of sp³-hybridized carbons (Fsp3) is 0.947. The van der Waals surface area contributed by atoms with Gasteiger partial charge in [-0.3, -0.25) is 9.59 Å². The van der Waals surface area contributed by atoms with E-state index in [4.69, 9.17) is 4.74 Å². The highest BCUT2D eigenvalue weighted by Crippen LogP contribution is 2.15. The number of hydrogen-bond donors (Lipinski definition) is 5. The Morgan fingerprint density at radius 1 is 0.500 bits per heavy atom. The average Bonchev–Trinajstić information content (AvgIpc) is 3.06. The van der Waals surface area contributed by atoms with Gasteiger partial charge >= 0.3 is 5.97 Å². The molecule has 46 heavy (non-hydrogen) atoms. The van der Waals surface area contributed by atoms with E-state index in [9.17, 15) is 30.0 Å². The molecule has 0 aliphatic rings. The molecule has 5 N–H and O–H groups in total. The SMILES string of the molecule is CCCCCCCCCCCCCCCCCC(=O)OCC(O)C(O)C(O)C(O)C(=O)NCCCCCCCCCCCCCC. The van der Waals surface area contributed by atoms with Crippen LogP contribution >= 0.6 is 0 Å². The van der Waals surface area contributed by atoms with Crippen molar-refractivity contribution in [2.75, 3.05) is 13.2 Å². The molecule has 8 heteroatoms. The van der Waals surface area contributed by atoms with E-state index in [1.165, 1.54) is 135 Å². The lowest BCUT2D eigenvalue weighted by Gasteiger charge is -2.25.